The van der Waals surface area contributed by atoms with Crippen LogP contribution < -0.4 is 0 Å². The molecule has 0 aliphatic heterocycles. The Morgan fingerprint density at radius 2 is 1.07 bits per heavy atom. The minimum absolute atomic E-state index is 0.837. The first-order valence-corrected chi connectivity index (χ1v) is 15.4. The molecular weight excluding hydrogens is 548 g/mol. The summed E-state index contributed by atoms with van der Waals surface area (Å²) >= 11 is 0. The zero-order valence-corrected chi connectivity index (χ0v) is 24.4. The van der Waals surface area contributed by atoms with Crippen LogP contribution in [0.1, 0.15) is 11.3 Å². The van der Waals surface area contributed by atoms with Crippen molar-refractivity contribution in [3.8, 4) is 33.9 Å². The molecule has 0 radical (unpaired) electrons. The topological polar surface area (TPSA) is 35.6 Å². The highest BCUT2D eigenvalue weighted by atomic mass is 15.1. The van der Waals surface area contributed by atoms with Gasteiger partial charge in [-0.3, -0.25) is 9.55 Å². The van der Waals surface area contributed by atoms with E-state index in [-0.39, 0.29) is 0 Å². The summed E-state index contributed by atoms with van der Waals surface area (Å²) < 4.78 is 4.63. The zero-order chi connectivity index (χ0) is 29.5. The third-order valence-corrected chi connectivity index (χ3v) is 9.39. The summed E-state index contributed by atoms with van der Waals surface area (Å²) in [5, 5.41) is 4.92. The van der Waals surface area contributed by atoms with E-state index < -0.39 is 0 Å². The standard InChI is InChI=1S/C41H26N4/c1-2-11-29(12-3-1)44-36-16-8-6-14-31(36)33-22-26(18-20-38(33)44)27-19-21-39-34(23-27)32-15-7-9-17-37(32)45(39)40-25-42-35-24-28-10-4-5-13-30(28)41(35)43-40/h1-23,25H,24H2. The average Bonchev–Trinajstić information content (AvgIpc) is 3.75. The molecule has 3 aromatic heterocycles. The minimum Gasteiger partial charge on any atom is -0.309 e. The summed E-state index contributed by atoms with van der Waals surface area (Å²) in [6, 6.07) is 50.1. The fourth-order valence-corrected chi connectivity index (χ4v) is 7.35. The Morgan fingerprint density at radius 3 is 1.80 bits per heavy atom. The average molecular weight is 575 g/mol. The summed E-state index contributed by atoms with van der Waals surface area (Å²) in [5.74, 6) is 0.847. The molecule has 9 aromatic rings. The lowest BCUT2D eigenvalue weighted by atomic mass is 10.0. The van der Waals surface area contributed by atoms with Gasteiger partial charge in [0.15, 0.2) is 5.82 Å². The van der Waals surface area contributed by atoms with Crippen LogP contribution in [-0.4, -0.2) is 19.1 Å². The molecule has 1 aliphatic carbocycles. The smallest absolute Gasteiger partial charge is 0.156 e. The van der Waals surface area contributed by atoms with Gasteiger partial charge in [0, 0.05) is 39.2 Å². The van der Waals surface area contributed by atoms with Crippen LogP contribution in [-0.2, 0) is 6.42 Å². The van der Waals surface area contributed by atoms with E-state index in [0.717, 1.165) is 34.7 Å². The van der Waals surface area contributed by atoms with Gasteiger partial charge in [-0.25, -0.2) is 4.98 Å². The molecule has 0 N–H and O–H groups in total. The van der Waals surface area contributed by atoms with E-state index in [1.54, 1.807) is 0 Å². The van der Waals surface area contributed by atoms with Gasteiger partial charge in [-0.15, -0.1) is 0 Å². The number of hydrogen-bond donors (Lipinski definition) is 0. The monoisotopic (exact) mass is 574 g/mol. The molecule has 0 fully saturated rings. The molecule has 0 spiro atoms. The van der Waals surface area contributed by atoms with Gasteiger partial charge < -0.3 is 4.57 Å². The number of fused-ring (bicyclic) bond motifs is 9. The molecule has 210 valence electrons. The van der Waals surface area contributed by atoms with Crippen LogP contribution in [0.4, 0.5) is 0 Å². The molecule has 45 heavy (non-hydrogen) atoms. The van der Waals surface area contributed by atoms with Gasteiger partial charge in [0.05, 0.1) is 39.7 Å². The van der Waals surface area contributed by atoms with Crippen molar-refractivity contribution in [3.05, 3.63) is 157 Å². The normalized spacial score (nSPS) is 12.4. The molecule has 1 aliphatic rings. The van der Waals surface area contributed by atoms with Crippen LogP contribution in [0.5, 0.6) is 0 Å². The van der Waals surface area contributed by atoms with E-state index in [9.17, 15) is 0 Å². The third-order valence-electron chi connectivity index (χ3n) is 9.39. The Hall–Kier alpha value is -6.00. The van der Waals surface area contributed by atoms with E-state index in [1.807, 2.05) is 6.20 Å². The lowest BCUT2D eigenvalue weighted by Gasteiger charge is -2.10. The van der Waals surface area contributed by atoms with E-state index >= 15 is 0 Å². The maximum absolute atomic E-state index is 5.21. The summed E-state index contributed by atoms with van der Waals surface area (Å²) in [6.45, 7) is 0. The summed E-state index contributed by atoms with van der Waals surface area (Å²) in [7, 11) is 0. The Balaban J connectivity index is 1.16. The number of aromatic nitrogens is 4. The van der Waals surface area contributed by atoms with Crippen LogP contribution in [0.2, 0.25) is 0 Å². The van der Waals surface area contributed by atoms with Gasteiger partial charge in [-0.2, -0.15) is 0 Å². The highest BCUT2D eigenvalue weighted by Crippen LogP contribution is 2.39. The van der Waals surface area contributed by atoms with Crippen LogP contribution in [0.3, 0.4) is 0 Å². The first-order valence-electron chi connectivity index (χ1n) is 15.4. The van der Waals surface area contributed by atoms with Gasteiger partial charge in [0.1, 0.15) is 0 Å². The maximum atomic E-state index is 5.21. The first-order chi connectivity index (χ1) is 22.3. The number of hydrogen-bond acceptors (Lipinski definition) is 2. The molecule has 0 atom stereocenters. The molecule has 0 saturated heterocycles. The van der Waals surface area contributed by atoms with Gasteiger partial charge >= 0.3 is 0 Å². The second-order valence-corrected chi connectivity index (χ2v) is 11.9. The maximum Gasteiger partial charge on any atom is 0.156 e. The van der Waals surface area contributed by atoms with Crippen molar-refractivity contribution in [2.45, 2.75) is 6.42 Å². The highest BCUT2D eigenvalue weighted by molar-refractivity contribution is 6.12. The highest BCUT2D eigenvalue weighted by Gasteiger charge is 2.23. The van der Waals surface area contributed by atoms with Crippen molar-refractivity contribution in [1.82, 2.24) is 19.1 Å². The number of benzene rings is 6. The molecule has 4 heteroatoms. The second-order valence-electron chi connectivity index (χ2n) is 11.9. The Labute approximate surface area is 259 Å². The summed E-state index contributed by atoms with van der Waals surface area (Å²) in [5.41, 5.74) is 12.8. The summed E-state index contributed by atoms with van der Waals surface area (Å²) in [6.07, 6.45) is 2.77. The van der Waals surface area contributed by atoms with E-state index in [0.29, 0.717) is 0 Å². The first kappa shape index (κ1) is 24.4. The second kappa shape index (κ2) is 9.25. The predicted octanol–water partition coefficient (Wildman–Crippen LogP) is 9.91. The van der Waals surface area contributed by atoms with E-state index in [2.05, 4.69) is 149 Å². The number of para-hydroxylation sites is 3. The van der Waals surface area contributed by atoms with Crippen LogP contribution in [0, 0.1) is 0 Å². The van der Waals surface area contributed by atoms with Crippen molar-refractivity contribution in [1.29, 1.82) is 0 Å². The third kappa shape index (κ3) is 3.54. The Kier molecular flexibility index (Phi) is 5.02. The summed E-state index contributed by atoms with van der Waals surface area (Å²) in [4.78, 5) is 10.1. The van der Waals surface area contributed by atoms with Gasteiger partial charge in [0.2, 0.25) is 0 Å². The van der Waals surface area contributed by atoms with Gasteiger partial charge in [0.25, 0.3) is 0 Å². The van der Waals surface area contributed by atoms with Crippen LogP contribution in [0.15, 0.2) is 146 Å². The Bertz CT molecular complexity index is 2620. The molecule has 3 heterocycles. The largest absolute Gasteiger partial charge is 0.309 e. The van der Waals surface area contributed by atoms with E-state index in [4.69, 9.17) is 9.97 Å². The van der Waals surface area contributed by atoms with Crippen LogP contribution >= 0.6 is 0 Å². The molecule has 0 saturated carbocycles. The van der Waals surface area contributed by atoms with Crippen LogP contribution in [0.25, 0.3) is 77.5 Å². The van der Waals surface area contributed by atoms with Crippen molar-refractivity contribution < 1.29 is 0 Å². The fourth-order valence-electron chi connectivity index (χ4n) is 7.35. The fraction of sp³-hybridized carbons (Fsp3) is 0.0244. The number of nitrogens with zero attached hydrogens (tertiary/aromatic N) is 4. The van der Waals surface area contributed by atoms with Gasteiger partial charge in [-0.05, 0) is 65.2 Å². The molecule has 0 bridgehead atoms. The van der Waals surface area contributed by atoms with E-state index in [1.165, 1.54) is 60.5 Å². The molecule has 0 amide bonds. The quantitative estimate of drug-likeness (QED) is 0.211. The molecular formula is C41H26N4. The zero-order valence-electron chi connectivity index (χ0n) is 24.4. The molecule has 0 unspecified atom stereocenters. The molecule has 6 aromatic carbocycles. The predicted molar refractivity (Wildman–Crippen MR) is 184 cm³/mol. The van der Waals surface area contributed by atoms with Crippen molar-refractivity contribution in [2.75, 3.05) is 0 Å². The van der Waals surface area contributed by atoms with Crippen molar-refractivity contribution in [3.63, 3.8) is 0 Å². The number of rotatable bonds is 3. The molecule has 10 rings (SSSR count). The molecule has 4 nitrogen and oxygen atoms in total. The lowest BCUT2D eigenvalue weighted by Crippen LogP contribution is -2.01. The van der Waals surface area contributed by atoms with Crippen molar-refractivity contribution in [2.24, 2.45) is 0 Å². The van der Waals surface area contributed by atoms with Crippen molar-refractivity contribution >= 4 is 43.6 Å². The Morgan fingerprint density at radius 1 is 0.489 bits per heavy atom. The van der Waals surface area contributed by atoms with Gasteiger partial charge in [-0.1, -0.05) is 91.0 Å². The lowest BCUT2D eigenvalue weighted by molar-refractivity contribution is 1.01. The SMILES string of the molecule is c1ccc(-n2c3ccccc3c3cc(-c4ccc5c(c4)c4ccccc4n5-c4cnc5c(n4)-c4ccccc4C5)ccc32)cc1. The minimum atomic E-state index is 0.837.